The smallest absolute Gasteiger partial charge is 0.330 e. The fourth-order valence-corrected chi connectivity index (χ4v) is 5.24. The fourth-order valence-electron chi connectivity index (χ4n) is 5.24. The van der Waals surface area contributed by atoms with Crippen molar-refractivity contribution in [2.24, 2.45) is 0 Å². The van der Waals surface area contributed by atoms with Crippen molar-refractivity contribution >= 4 is 28.4 Å². The molecule has 6 heterocycles. The van der Waals surface area contributed by atoms with Crippen molar-refractivity contribution in [1.29, 1.82) is 0 Å². The minimum Gasteiger partial charge on any atom is -0.379 e. The Morgan fingerprint density at radius 3 is 3.03 bits per heavy atom. The van der Waals surface area contributed by atoms with E-state index < -0.39 is 0 Å². The number of imidazole rings is 1. The molecule has 0 amide bonds. The molecule has 11 heteroatoms. The summed E-state index contributed by atoms with van der Waals surface area (Å²) in [6.45, 7) is 5.33. The Labute approximate surface area is 195 Å². The molecule has 4 aromatic heterocycles. The molecule has 0 spiro atoms. The Balaban J connectivity index is 1.49. The summed E-state index contributed by atoms with van der Waals surface area (Å²) < 4.78 is 17.1. The third-order valence-electron chi connectivity index (χ3n) is 7.04. The summed E-state index contributed by atoms with van der Waals surface area (Å²) in [5.74, 6) is 0.464. The van der Waals surface area contributed by atoms with Gasteiger partial charge in [0.25, 0.3) is 0 Å². The average molecular weight is 465 g/mol. The van der Waals surface area contributed by atoms with E-state index in [2.05, 4.69) is 15.4 Å². The lowest BCUT2D eigenvalue weighted by Gasteiger charge is -2.35. The van der Waals surface area contributed by atoms with Crippen LogP contribution in [0.15, 0.2) is 23.4 Å². The molecule has 6 rings (SSSR count). The van der Waals surface area contributed by atoms with Gasteiger partial charge in [0.2, 0.25) is 5.95 Å². The second-order valence-corrected chi connectivity index (χ2v) is 9.12. The van der Waals surface area contributed by atoms with Gasteiger partial charge < -0.3 is 14.8 Å². The maximum Gasteiger partial charge on any atom is 0.330 e. The number of fused-ring (bicyclic) bond motifs is 1. The van der Waals surface area contributed by atoms with Crippen LogP contribution in [0.4, 0.5) is 11.6 Å². The molecule has 4 aromatic rings. The third kappa shape index (κ3) is 3.30. The van der Waals surface area contributed by atoms with E-state index in [0.29, 0.717) is 24.7 Å². The van der Waals surface area contributed by atoms with Crippen LogP contribution in [-0.2, 0) is 22.4 Å². The topological polar surface area (TPSA) is 113 Å². The number of nitrogens with one attached hydrogen (secondary N) is 1. The number of hydrogen-bond donors (Lipinski definition) is 1. The van der Waals surface area contributed by atoms with Crippen molar-refractivity contribution in [2.45, 2.75) is 64.3 Å². The van der Waals surface area contributed by atoms with E-state index in [-0.39, 0.29) is 23.9 Å². The van der Waals surface area contributed by atoms with E-state index in [1.54, 1.807) is 11.6 Å². The van der Waals surface area contributed by atoms with Crippen molar-refractivity contribution in [3.05, 3.63) is 40.3 Å². The third-order valence-corrected chi connectivity index (χ3v) is 7.04. The number of methoxy groups -OCH3 is 1. The number of nitrogens with zero attached hydrogens (tertiary/aromatic N) is 7. The molecule has 1 saturated heterocycles. The van der Waals surface area contributed by atoms with Crippen LogP contribution in [-0.4, -0.2) is 59.6 Å². The lowest BCUT2D eigenvalue weighted by Crippen LogP contribution is -2.43. The first-order chi connectivity index (χ1) is 16.5. The normalized spacial score (nSPS) is 21.3. The highest BCUT2D eigenvalue weighted by Gasteiger charge is 2.36. The summed E-state index contributed by atoms with van der Waals surface area (Å²) in [6, 6.07) is 1.81. The predicted octanol–water partition coefficient (Wildman–Crippen LogP) is 2.39. The van der Waals surface area contributed by atoms with E-state index in [1.165, 1.54) is 6.33 Å². The van der Waals surface area contributed by atoms with E-state index in [4.69, 9.17) is 19.4 Å². The van der Waals surface area contributed by atoms with Gasteiger partial charge in [-0.2, -0.15) is 10.1 Å². The van der Waals surface area contributed by atoms with Crippen molar-refractivity contribution in [2.75, 3.05) is 19.0 Å². The molecule has 0 saturated carbocycles. The highest BCUT2D eigenvalue weighted by Crippen LogP contribution is 2.33. The van der Waals surface area contributed by atoms with E-state index in [1.807, 2.05) is 35.2 Å². The van der Waals surface area contributed by atoms with Crippen LogP contribution in [0.5, 0.6) is 0 Å². The van der Waals surface area contributed by atoms with Gasteiger partial charge in [-0.3, -0.25) is 9.13 Å². The standard InChI is InChI=1S/C23H28N8O3/c1-13-10-18-24-12-25-30(18)11-16(13)27-22-26-15-6-4-8-29-19(15)21(28-22)31(23(29)32)17-7-5-9-34-20(17)14(2)33-3/h10-12,14,17,20H,4-9H2,1-3H3,(H,26,27,28). The molecule has 11 nitrogen and oxygen atoms in total. The summed E-state index contributed by atoms with van der Waals surface area (Å²) >= 11 is 0. The highest BCUT2D eigenvalue weighted by molar-refractivity contribution is 5.77. The Morgan fingerprint density at radius 2 is 2.18 bits per heavy atom. The molecule has 2 aliphatic heterocycles. The van der Waals surface area contributed by atoms with Gasteiger partial charge in [-0.05, 0) is 51.2 Å². The van der Waals surface area contributed by atoms with Gasteiger partial charge in [-0.25, -0.2) is 19.3 Å². The summed E-state index contributed by atoms with van der Waals surface area (Å²) in [5.41, 5.74) is 4.94. The number of ether oxygens (including phenoxy) is 2. The van der Waals surface area contributed by atoms with Crippen LogP contribution in [0.2, 0.25) is 0 Å². The summed E-state index contributed by atoms with van der Waals surface area (Å²) in [4.78, 5) is 27.5. The van der Waals surface area contributed by atoms with Crippen LogP contribution in [0.25, 0.3) is 16.8 Å². The van der Waals surface area contributed by atoms with Gasteiger partial charge >= 0.3 is 5.69 Å². The van der Waals surface area contributed by atoms with Crippen LogP contribution in [0, 0.1) is 6.92 Å². The Bertz CT molecular complexity index is 1440. The minimum atomic E-state index is -0.219. The largest absolute Gasteiger partial charge is 0.379 e. The number of anilines is 2. The lowest BCUT2D eigenvalue weighted by atomic mass is 9.98. The van der Waals surface area contributed by atoms with Crippen molar-refractivity contribution in [3.8, 4) is 0 Å². The minimum absolute atomic E-state index is 0.0496. The maximum atomic E-state index is 13.6. The molecular weight excluding hydrogens is 436 g/mol. The Morgan fingerprint density at radius 1 is 1.29 bits per heavy atom. The van der Waals surface area contributed by atoms with Gasteiger partial charge in [0, 0.05) is 20.3 Å². The number of rotatable bonds is 5. The SMILES string of the molecule is COC(C)C1OCCCC1n1c(=O)n2c3c(nc(Nc4cn5ncnc5cc4C)nc31)CCC2. The Hall–Kier alpha value is -3.31. The van der Waals surface area contributed by atoms with E-state index in [9.17, 15) is 4.79 Å². The van der Waals surface area contributed by atoms with Crippen LogP contribution >= 0.6 is 0 Å². The second kappa shape index (κ2) is 8.17. The van der Waals surface area contributed by atoms with Gasteiger partial charge in [-0.1, -0.05) is 0 Å². The first kappa shape index (κ1) is 21.2. The number of aryl methyl sites for hydroxylation is 3. The van der Waals surface area contributed by atoms with Crippen LogP contribution < -0.4 is 11.0 Å². The molecule has 0 radical (unpaired) electrons. The molecule has 3 atom stereocenters. The summed E-state index contributed by atoms with van der Waals surface area (Å²) in [5, 5.41) is 7.59. The zero-order chi connectivity index (χ0) is 23.4. The molecule has 34 heavy (non-hydrogen) atoms. The second-order valence-electron chi connectivity index (χ2n) is 9.12. The molecule has 0 bridgehead atoms. The van der Waals surface area contributed by atoms with Gasteiger partial charge in [0.15, 0.2) is 11.3 Å². The van der Waals surface area contributed by atoms with Crippen LogP contribution in [0.1, 0.15) is 43.5 Å². The van der Waals surface area contributed by atoms with Gasteiger partial charge in [0.1, 0.15) is 17.9 Å². The zero-order valence-electron chi connectivity index (χ0n) is 19.6. The molecule has 3 unspecified atom stereocenters. The molecule has 1 fully saturated rings. The quantitative estimate of drug-likeness (QED) is 0.479. The van der Waals surface area contributed by atoms with E-state index in [0.717, 1.165) is 53.8 Å². The molecular formula is C23H28N8O3. The van der Waals surface area contributed by atoms with Gasteiger partial charge in [0.05, 0.1) is 29.7 Å². The lowest BCUT2D eigenvalue weighted by molar-refractivity contribution is -0.0958. The van der Waals surface area contributed by atoms with Crippen molar-refractivity contribution < 1.29 is 9.47 Å². The molecule has 1 N–H and O–H groups in total. The molecule has 0 aliphatic carbocycles. The van der Waals surface area contributed by atoms with Crippen molar-refractivity contribution in [1.82, 2.24) is 33.7 Å². The zero-order valence-corrected chi connectivity index (χ0v) is 19.6. The summed E-state index contributed by atoms with van der Waals surface area (Å²) in [7, 11) is 1.68. The first-order valence-electron chi connectivity index (χ1n) is 11.8. The van der Waals surface area contributed by atoms with Crippen LogP contribution in [0.3, 0.4) is 0 Å². The Kier molecular flexibility index (Phi) is 5.10. The summed E-state index contributed by atoms with van der Waals surface area (Å²) in [6.07, 6.45) is 6.43. The van der Waals surface area contributed by atoms with Crippen molar-refractivity contribution in [3.63, 3.8) is 0 Å². The fraction of sp³-hybridized carbons (Fsp3) is 0.522. The molecule has 2 aliphatic rings. The predicted molar refractivity (Wildman–Crippen MR) is 126 cm³/mol. The first-order valence-corrected chi connectivity index (χ1v) is 11.8. The average Bonchev–Trinajstić information content (AvgIpc) is 3.41. The molecule has 178 valence electrons. The van der Waals surface area contributed by atoms with Gasteiger partial charge in [-0.15, -0.1) is 0 Å². The molecule has 0 aromatic carbocycles. The number of pyridine rings is 1. The maximum absolute atomic E-state index is 13.6. The monoisotopic (exact) mass is 464 g/mol. The highest BCUT2D eigenvalue weighted by atomic mass is 16.5. The van der Waals surface area contributed by atoms with E-state index >= 15 is 0 Å². The number of hydrogen-bond acceptors (Lipinski definition) is 8. The number of aromatic nitrogens is 7.